The number of aromatic nitrogens is 2. The largest absolute Gasteiger partial charge is 0.369 e. The number of carbonyl (C=O) groups is 1. The number of nitrogens with zero attached hydrogens (tertiary/aromatic N) is 4. The predicted octanol–water partition coefficient (Wildman–Crippen LogP) is 1.80. The molecule has 0 unspecified atom stereocenters. The molecule has 0 atom stereocenters. The summed E-state index contributed by atoms with van der Waals surface area (Å²) in [6.45, 7) is 5.48. The van der Waals surface area contributed by atoms with Crippen molar-refractivity contribution >= 4 is 16.8 Å². The molecule has 1 aromatic heterocycles. The summed E-state index contributed by atoms with van der Waals surface area (Å²) in [6.07, 6.45) is 2.20. The van der Waals surface area contributed by atoms with Gasteiger partial charge < -0.3 is 10.6 Å². The Bertz CT molecular complexity index is 939. The van der Waals surface area contributed by atoms with E-state index in [1.54, 1.807) is 0 Å². The summed E-state index contributed by atoms with van der Waals surface area (Å²) in [5.74, 6) is -0.342. The van der Waals surface area contributed by atoms with Gasteiger partial charge in [-0.25, -0.2) is 4.68 Å². The van der Waals surface area contributed by atoms with E-state index < -0.39 is 0 Å². The molecular weight excluding hydrogens is 338 g/mol. The van der Waals surface area contributed by atoms with Gasteiger partial charge in [-0.3, -0.25) is 9.69 Å². The number of likely N-dealkylation sites (N-methyl/N-ethyl adjacent to an activating group) is 1. The molecular formula is C21H25N5O. The highest BCUT2D eigenvalue weighted by Crippen LogP contribution is 2.20. The van der Waals surface area contributed by atoms with Gasteiger partial charge >= 0.3 is 0 Å². The van der Waals surface area contributed by atoms with Crippen LogP contribution in [0, 0.1) is 0 Å². The van der Waals surface area contributed by atoms with E-state index in [0.717, 1.165) is 54.9 Å². The molecule has 2 aromatic carbocycles. The molecule has 3 aromatic rings. The average molecular weight is 363 g/mol. The first-order chi connectivity index (χ1) is 13.1. The predicted molar refractivity (Wildman–Crippen MR) is 107 cm³/mol. The van der Waals surface area contributed by atoms with Gasteiger partial charge in [0.1, 0.15) is 0 Å². The quantitative estimate of drug-likeness (QED) is 0.751. The standard InChI is InChI=1S/C21H25N5O/c1-24-9-11-25(12-10-24)14-16-5-7-19(8-6-16)26-15-18-4-2-3-17(13-20(22)27)21(18)23-26/h2-8,15H,9-14H2,1H3,(H2,22,27). The molecule has 1 fully saturated rings. The van der Waals surface area contributed by atoms with Gasteiger partial charge in [0.15, 0.2) is 0 Å². The molecule has 0 radical (unpaired) electrons. The highest BCUT2D eigenvalue weighted by atomic mass is 16.1. The average Bonchev–Trinajstić information content (AvgIpc) is 3.09. The smallest absolute Gasteiger partial charge is 0.221 e. The summed E-state index contributed by atoms with van der Waals surface area (Å²) in [5, 5.41) is 5.69. The van der Waals surface area contributed by atoms with Gasteiger partial charge in [-0.15, -0.1) is 0 Å². The molecule has 140 valence electrons. The van der Waals surface area contributed by atoms with Crippen molar-refractivity contribution in [1.29, 1.82) is 0 Å². The van der Waals surface area contributed by atoms with Crippen LogP contribution >= 0.6 is 0 Å². The number of piperazine rings is 1. The van der Waals surface area contributed by atoms with E-state index in [1.807, 2.05) is 29.1 Å². The van der Waals surface area contributed by atoms with Crippen molar-refractivity contribution in [2.24, 2.45) is 5.73 Å². The maximum absolute atomic E-state index is 11.3. The summed E-state index contributed by atoms with van der Waals surface area (Å²) < 4.78 is 1.87. The van der Waals surface area contributed by atoms with Crippen LogP contribution in [0.1, 0.15) is 11.1 Å². The SMILES string of the molecule is CN1CCN(Cc2ccc(-n3cc4cccc(CC(N)=O)c4n3)cc2)CC1. The zero-order valence-electron chi connectivity index (χ0n) is 15.6. The van der Waals surface area contributed by atoms with Crippen molar-refractivity contribution in [3.63, 3.8) is 0 Å². The van der Waals surface area contributed by atoms with E-state index in [0.29, 0.717) is 0 Å². The molecule has 2 N–H and O–H groups in total. The summed E-state index contributed by atoms with van der Waals surface area (Å²) in [7, 11) is 2.18. The lowest BCUT2D eigenvalue weighted by Crippen LogP contribution is -2.43. The molecule has 27 heavy (non-hydrogen) atoms. The minimum absolute atomic E-state index is 0.207. The van der Waals surface area contributed by atoms with Gasteiger partial charge in [-0.2, -0.15) is 5.10 Å². The summed E-state index contributed by atoms with van der Waals surface area (Å²) >= 11 is 0. The monoisotopic (exact) mass is 363 g/mol. The van der Waals surface area contributed by atoms with Crippen LogP contribution in [0.3, 0.4) is 0 Å². The number of nitrogens with two attached hydrogens (primary N) is 1. The number of carbonyl (C=O) groups excluding carboxylic acids is 1. The Morgan fingerprint density at radius 3 is 2.52 bits per heavy atom. The molecule has 6 heteroatoms. The molecule has 0 aliphatic carbocycles. The molecule has 1 saturated heterocycles. The summed E-state index contributed by atoms with van der Waals surface area (Å²) in [5.41, 5.74) is 9.38. The van der Waals surface area contributed by atoms with Crippen molar-refractivity contribution in [1.82, 2.24) is 19.6 Å². The molecule has 0 bridgehead atoms. The van der Waals surface area contributed by atoms with Crippen LogP contribution in [0.5, 0.6) is 0 Å². The minimum atomic E-state index is -0.342. The molecule has 1 aliphatic heterocycles. The molecule has 4 rings (SSSR count). The summed E-state index contributed by atoms with van der Waals surface area (Å²) in [4.78, 5) is 16.2. The Morgan fingerprint density at radius 2 is 1.81 bits per heavy atom. The topological polar surface area (TPSA) is 67.4 Å². The first-order valence-electron chi connectivity index (χ1n) is 9.34. The number of rotatable bonds is 5. The lowest BCUT2D eigenvalue weighted by molar-refractivity contribution is -0.117. The van der Waals surface area contributed by atoms with Crippen molar-refractivity contribution in [3.8, 4) is 5.69 Å². The van der Waals surface area contributed by atoms with Crippen LogP contribution in [-0.2, 0) is 17.8 Å². The fourth-order valence-electron chi connectivity index (χ4n) is 3.59. The molecule has 6 nitrogen and oxygen atoms in total. The molecule has 0 saturated carbocycles. The third-order valence-corrected chi connectivity index (χ3v) is 5.19. The lowest BCUT2D eigenvalue weighted by Gasteiger charge is -2.32. The molecule has 2 heterocycles. The highest BCUT2D eigenvalue weighted by Gasteiger charge is 2.14. The normalized spacial score (nSPS) is 16.0. The van der Waals surface area contributed by atoms with E-state index in [1.165, 1.54) is 5.56 Å². The second-order valence-corrected chi connectivity index (χ2v) is 7.32. The van der Waals surface area contributed by atoms with Crippen LogP contribution in [0.15, 0.2) is 48.7 Å². The Labute approximate surface area is 159 Å². The van der Waals surface area contributed by atoms with Gasteiger partial charge in [0.25, 0.3) is 0 Å². The van der Waals surface area contributed by atoms with Crippen LogP contribution in [-0.4, -0.2) is 58.7 Å². The third-order valence-electron chi connectivity index (χ3n) is 5.19. The fraction of sp³-hybridized carbons (Fsp3) is 0.333. The fourth-order valence-corrected chi connectivity index (χ4v) is 3.59. The third kappa shape index (κ3) is 4.02. The number of fused-ring (bicyclic) bond motifs is 1. The van der Waals surface area contributed by atoms with Crippen molar-refractivity contribution in [3.05, 3.63) is 59.8 Å². The van der Waals surface area contributed by atoms with Crippen molar-refractivity contribution in [2.45, 2.75) is 13.0 Å². The zero-order valence-corrected chi connectivity index (χ0v) is 15.6. The van der Waals surface area contributed by atoms with E-state index in [4.69, 9.17) is 5.73 Å². The zero-order chi connectivity index (χ0) is 18.8. The Balaban J connectivity index is 1.52. The minimum Gasteiger partial charge on any atom is -0.369 e. The lowest BCUT2D eigenvalue weighted by atomic mass is 10.1. The van der Waals surface area contributed by atoms with Crippen LogP contribution < -0.4 is 5.73 Å². The van der Waals surface area contributed by atoms with Crippen LogP contribution in [0.2, 0.25) is 0 Å². The van der Waals surface area contributed by atoms with E-state index in [-0.39, 0.29) is 12.3 Å². The Hall–Kier alpha value is -2.70. The van der Waals surface area contributed by atoms with Gasteiger partial charge in [0.2, 0.25) is 5.91 Å². The Kier molecular flexibility index (Phi) is 4.92. The second kappa shape index (κ2) is 7.50. The van der Waals surface area contributed by atoms with Crippen LogP contribution in [0.4, 0.5) is 0 Å². The maximum atomic E-state index is 11.3. The highest BCUT2D eigenvalue weighted by molar-refractivity contribution is 5.87. The number of hydrogen-bond acceptors (Lipinski definition) is 4. The van der Waals surface area contributed by atoms with Gasteiger partial charge in [0, 0.05) is 44.3 Å². The van der Waals surface area contributed by atoms with E-state index >= 15 is 0 Å². The maximum Gasteiger partial charge on any atom is 0.221 e. The van der Waals surface area contributed by atoms with Crippen molar-refractivity contribution in [2.75, 3.05) is 33.2 Å². The molecule has 0 spiro atoms. The summed E-state index contributed by atoms with van der Waals surface area (Å²) in [6, 6.07) is 14.4. The number of amides is 1. The van der Waals surface area contributed by atoms with Crippen molar-refractivity contribution < 1.29 is 4.79 Å². The van der Waals surface area contributed by atoms with E-state index in [2.05, 4.69) is 46.2 Å². The van der Waals surface area contributed by atoms with Crippen LogP contribution in [0.25, 0.3) is 16.6 Å². The number of primary amides is 1. The second-order valence-electron chi connectivity index (χ2n) is 7.32. The first kappa shape index (κ1) is 17.7. The molecule has 1 aliphatic rings. The van der Waals surface area contributed by atoms with Gasteiger partial charge in [-0.05, 0) is 30.3 Å². The van der Waals surface area contributed by atoms with Gasteiger partial charge in [0.05, 0.1) is 17.6 Å². The number of benzene rings is 2. The van der Waals surface area contributed by atoms with Gasteiger partial charge in [-0.1, -0.05) is 30.3 Å². The molecule has 1 amide bonds. The number of hydrogen-bond donors (Lipinski definition) is 1. The van der Waals surface area contributed by atoms with E-state index in [9.17, 15) is 4.79 Å². The first-order valence-corrected chi connectivity index (χ1v) is 9.34. The Morgan fingerprint density at radius 1 is 1.07 bits per heavy atom.